The molecule has 8 heteroatoms. The maximum atomic E-state index is 14.5. The zero-order valence-corrected chi connectivity index (χ0v) is 27.0. The number of allylic oxidation sites excluding steroid dienone is 2. The van der Waals surface area contributed by atoms with Gasteiger partial charge in [0.25, 0.3) is 0 Å². The number of rotatable bonds is 7. The number of phenolic OH excluding ortho intramolecular Hbond substituents is 1. The predicted molar refractivity (Wildman–Crippen MR) is 165 cm³/mol. The number of carbonyl (C=O) groups excluding carboxylic acids is 4. The van der Waals surface area contributed by atoms with E-state index < -0.39 is 56.8 Å². The van der Waals surface area contributed by atoms with Gasteiger partial charge in [-0.3, -0.25) is 19.2 Å². The molecule has 4 aliphatic carbocycles. The second-order valence-electron chi connectivity index (χ2n) is 14.9. The minimum Gasteiger partial charge on any atom is -0.511 e. The lowest BCUT2D eigenvalue weighted by Crippen LogP contribution is -2.67. The lowest BCUT2D eigenvalue weighted by molar-refractivity contribution is -0.171. The number of ketones is 4. The number of benzene rings is 1. The molecule has 44 heavy (non-hydrogen) atoms. The predicted octanol–water partition coefficient (Wildman–Crippen LogP) is 6.16. The Morgan fingerprint density at radius 1 is 1.02 bits per heavy atom. The topological polar surface area (TPSA) is 149 Å². The van der Waals surface area contributed by atoms with E-state index in [4.69, 9.17) is 0 Å². The van der Waals surface area contributed by atoms with E-state index in [1.807, 2.05) is 40.7 Å². The van der Waals surface area contributed by atoms with Crippen molar-refractivity contribution in [2.75, 3.05) is 0 Å². The van der Waals surface area contributed by atoms with Crippen molar-refractivity contribution < 1.29 is 39.6 Å². The van der Waals surface area contributed by atoms with Gasteiger partial charge in [-0.05, 0) is 67.6 Å². The fourth-order valence-corrected chi connectivity index (χ4v) is 9.30. The number of hydrogen-bond acceptors (Lipinski definition) is 8. The van der Waals surface area contributed by atoms with Crippen LogP contribution in [0.4, 0.5) is 0 Å². The van der Waals surface area contributed by atoms with Crippen molar-refractivity contribution in [3.05, 3.63) is 51.0 Å². The molecule has 4 N–H and O–H groups in total. The summed E-state index contributed by atoms with van der Waals surface area (Å²) in [5.41, 5.74) is -3.87. The Labute approximate surface area is 259 Å². The second kappa shape index (κ2) is 10.7. The van der Waals surface area contributed by atoms with Crippen LogP contribution >= 0.6 is 0 Å². The van der Waals surface area contributed by atoms with Crippen molar-refractivity contribution in [2.45, 2.75) is 111 Å². The molecule has 0 aromatic heterocycles. The summed E-state index contributed by atoms with van der Waals surface area (Å²) in [7, 11) is 0. The Hall–Kier alpha value is -3.26. The average molecular weight is 607 g/mol. The number of fused-ring (bicyclic) bond motifs is 3. The van der Waals surface area contributed by atoms with Gasteiger partial charge >= 0.3 is 0 Å². The molecule has 0 amide bonds. The van der Waals surface area contributed by atoms with Crippen LogP contribution in [-0.4, -0.2) is 49.2 Å². The maximum absolute atomic E-state index is 14.5. The SMILES string of the molecule is CC(=O)C1=C(O)C(C(C)C)[C@@]2(C)C[C@@]3(C)Cc4c(C(C)C)cc(CCC(=O)C5CCCC5)c(O)c4C(=O)C3=C(O)[C@@]2(O)C1=O. The van der Waals surface area contributed by atoms with Crippen LogP contribution in [-0.2, 0) is 27.2 Å². The zero-order valence-electron chi connectivity index (χ0n) is 27.0. The van der Waals surface area contributed by atoms with Gasteiger partial charge in [-0.1, -0.05) is 60.5 Å². The fourth-order valence-electron chi connectivity index (χ4n) is 9.30. The fraction of sp³-hybridized carbons (Fsp3) is 0.611. The molecular formula is C36H46O8. The molecule has 4 atom stereocenters. The molecular weight excluding hydrogens is 560 g/mol. The normalized spacial score (nSPS) is 30.6. The van der Waals surface area contributed by atoms with Crippen molar-refractivity contribution in [3.63, 3.8) is 0 Å². The average Bonchev–Trinajstić information content (AvgIpc) is 3.45. The lowest BCUT2D eigenvalue weighted by Gasteiger charge is -2.59. The van der Waals surface area contributed by atoms with E-state index in [1.165, 1.54) is 0 Å². The molecule has 4 aliphatic rings. The zero-order chi connectivity index (χ0) is 32.7. The van der Waals surface area contributed by atoms with E-state index in [0.29, 0.717) is 11.1 Å². The first kappa shape index (κ1) is 32.1. The molecule has 1 aromatic carbocycles. The third-order valence-electron chi connectivity index (χ3n) is 11.2. The van der Waals surface area contributed by atoms with Gasteiger partial charge in [0.15, 0.2) is 17.2 Å². The summed E-state index contributed by atoms with van der Waals surface area (Å²) in [5.74, 6) is -5.02. The van der Waals surface area contributed by atoms with Crippen molar-refractivity contribution in [2.24, 2.45) is 28.6 Å². The molecule has 0 spiro atoms. The van der Waals surface area contributed by atoms with Gasteiger partial charge in [0.1, 0.15) is 28.6 Å². The standard InChI is InChI=1S/C36H46O8/c1-17(2)22-14-21(12-13-24(38)20-10-8-9-11-20)29(39)26-23(22)15-34(6)16-35(7)27(18(3)4)30(40)25(19(5)37)32(42)36(35,44)33(43)28(34)31(26)41/h14,17-18,20,27,39-40,43-44H,8-13,15-16H2,1-7H3/t27?,34-,35-,36+/m1/s1. The van der Waals surface area contributed by atoms with E-state index >= 15 is 0 Å². The summed E-state index contributed by atoms with van der Waals surface area (Å²) in [6.45, 7) is 12.2. The molecule has 1 aromatic rings. The van der Waals surface area contributed by atoms with E-state index in [0.717, 1.165) is 38.2 Å². The Kier molecular flexibility index (Phi) is 7.80. The Morgan fingerprint density at radius 2 is 1.64 bits per heavy atom. The van der Waals surface area contributed by atoms with Crippen LogP contribution in [0, 0.1) is 28.6 Å². The number of carbonyl (C=O) groups is 4. The molecule has 0 heterocycles. The van der Waals surface area contributed by atoms with Gasteiger partial charge < -0.3 is 20.4 Å². The minimum atomic E-state index is -2.64. The summed E-state index contributed by atoms with van der Waals surface area (Å²) in [6.07, 6.45) is 4.66. The molecule has 0 aliphatic heterocycles. The smallest absolute Gasteiger partial charge is 0.209 e. The second-order valence-corrected chi connectivity index (χ2v) is 14.9. The van der Waals surface area contributed by atoms with Crippen LogP contribution < -0.4 is 0 Å². The van der Waals surface area contributed by atoms with E-state index in [9.17, 15) is 39.6 Å². The van der Waals surface area contributed by atoms with E-state index in [1.54, 1.807) is 6.92 Å². The molecule has 8 nitrogen and oxygen atoms in total. The van der Waals surface area contributed by atoms with Crippen LogP contribution in [0.15, 0.2) is 28.7 Å². The molecule has 1 fully saturated rings. The minimum absolute atomic E-state index is 0.0231. The molecule has 5 rings (SSSR count). The molecule has 238 valence electrons. The number of Topliss-reactive ketones (excluding diaryl/α,β-unsaturated/α-hetero) is 4. The summed E-state index contributed by atoms with van der Waals surface area (Å²) < 4.78 is 0. The van der Waals surface area contributed by atoms with Crippen molar-refractivity contribution in [1.82, 2.24) is 0 Å². The number of phenols is 1. The maximum Gasteiger partial charge on any atom is 0.209 e. The molecule has 0 bridgehead atoms. The number of hydrogen-bond donors (Lipinski definition) is 4. The highest BCUT2D eigenvalue weighted by Gasteiger charge is 2.71. The first-order chi connectivity index (χ1) is 20.4. The van der Waals surface area contributed by atoms with Gasteiger partial charge in [-0.15, -0.1) is 0 Å². The summed E-state index contributed by atoms with van der Waals surface area (Å²) in [4.78, 5) is 53.9. The molecule has 1 saturated carbocycles. The summed E-state index contributed by atoms with van der Waals surface area (Å²) in [5, 5.41) is 47.0. The van der Waals surface area contributed by atoms with Crippen LogP contribution in [0.3, 0.4) is 0 Å². The van der Waals surface area contributed by atoms with Crippen molar-refractivity contribution in [1.29, 1.82) is 0 Å². The van der Waals surface area contributed by atoms with Crippen LogP contribution in [0.25, 0.3) is 0 Å². The van der Waals surface area contributed by atoms with Crippen LogP contribution in [0.5, 0.6) is 5.75 Å². The summed E-state index contributed by atoms with van der Waals surface area (Å²) >= 11 is 0. The highest BCUT2D eigenvalue weighted by Crippen LogP contribution is 2.65. The van der Waals surface area contributed by atoms with Gasteiger partial charge in [0, 0.05) is 34.7 Å². The highest BCUT2D eigenvalue weighted by molar-refractivity contribution is 6.25. The third-order valence-corrected chi connectivity index (χ3v) is 11.2. The quantitative estimate of drug-likeness (QED) is 0.270. The van der Waals surface area contributed by atoms with Crippen LogP contribution in [0.1, 0.15) is 120 Å². The first-order valence-corrected chi connectivity index (χ1v) is 16.0. The highest BCUT2D eigenvalue weighted by atomic mass is 16.3. The number of aryl methyl sites for hydroxylation is 1. The van der Waals surface area contributed by atoms with Gasteiger partial charge in [0.05, 0.1) is 5.56 Å². The number of aliphatic hydroxyl groups excluding tert-OH is 2. The Balaban J connectivity index is 1.69. The molecule has 0 radical (unpaired) electrons. The third kappa shape index (κ3) is 4.34. The van der Waals surface area contributed by atoms with E-state index in [2.05, 4.69) is 0 Å². The summed E-state index contributed by atoms with van der Waals surface area (Å²) in [6, 6.07) is 1.89. The van der Waals surface area contributed by atoms with Crippen molar-refractivity contribution >= 4 is 23.1 Å². The molecule has 1 unspecified atom stereocenters. The van der Waals surface area contributed by atoms with Crippen molar-refractivity contribution in [3.8, 4) is 5.75 Å². The van der Waals surface area contributed by atoms with Crippen LogP contribution in [0.2, 0.25) is 0 Å². The number of aromatic hydroxyl groups is 1. The van der Waals surface area contributed by atoms with Gasteiger partial charge in [0.2, 0.25) is 5.78 Å². The van der Waals surface area contributed by atoms with Gasteiger partial charge in [-0.25, -0.2) is 0 Å². The Morgan fingerprint density at radius 3 is 2.18 bits per heavy atom. The van der Waals surface area contributed by atoms with Gasteiger partial charge in [-0.2, -0.15) is 0 Å². The first-order valence-electron chi connectivity index (χ1n) is 16.0. The van der Waals surface area contributed by atoms with E-state index in [-0.39, 0.29) is 66.1 Å². The largest absolute Gasteiger partial charge is 0.511 e. The monoisotopic (exact) mass is 606 g/mol. The number of aliphatic hydroxyl groups is 3. The molecule has 0 saturated heterocycles. The Bertz CT molecular complexity index is 1540. The lowest BCUT2D eigenvalue weighted by atomic mass is 9.44.